The first-order valence-corrected chi connectivity index (χ1v) is 13.4. The van der Waals surface area contributed by atoms with Crippen LogP contribution in [0.3, 0.4) is 0 Å². The maximum Gasteiger partial charge on any atom is 0.191 e. The number of halogens is 2. The van der Waals surface area contributed by atoms with Gasteiger partial charge in [-0.15, -0.1) is 0 Å². The van der Waals surface area contributed by atoms with Crippen LogP contribution in [-0.2, 0) is 0 Å². The molecule has 0 saturated carbocycles. The van der Waals surface area contributed by atoms with Gasteiger partial charge < -0.3 is 0 Å². The van der Waals surface area contributed by atoms with E-state index in [0.29, 0.717) is 6.54 Å². The summed E-state index contributed by atoms with van der Waals surface area (Å²) in [6.07, 6.45) is 1.95. The molecule has 34 heavy (non-hydrogen) atoms. The molecule has 180 valence electrons. The summed E-state index contributed by atoms with van der Waals surface area (Å²) in [5.74, 6) is -0.496. The summed E-state index contributed by atoms with van der Waals surface area (Å²) in [5, 5.41) is 7.48. The van der Waals surface area contributed by atoms with E-state index in [1.54, 1.807) is 24.3 Å². The zero-order valence-corrected chi connectivity index (χ0v) is 21.8. The largest absolute Gasteiger partial charge is 0.241 e. The second-order valence-electron chi connectivity index (χ2n) is 6.66. The molecule has 0 fully saturated rings. The van der Waals surface area contributed by atoms with Gasteiger partial charge in [0.1, 0.15) is 11.6 Å². The molecule has 1 aliphatic heterocycles. The van der Waals surface area contributed by atoms with Crippen molar-refractivity contribution >= 4 is 34.6 Å². The summed E-state index contributed by atoms with van der Waals surface area (Å²) in [6.45, 7) is 8.64. The first-order chi connectivity index (χ1) is 16.6. The molecule has 1 aliphatic rings. The number of hydrogen-bond donors (Lipinski definition) is 0. The lowest BCUT2D eigenvalue weighted by atomic mass is 9.91. The maximum atomic E-state index is 13.4. The predicted molar refractivity (Wildman–Crippen MR) is 145 cm³/mol. The lowest BCUT2D eigenvalue weighted by Crippen LogP contribution is -2.23. The Labute approximate surface area is 210 Å². The van der Waals surface area contributed by atoms with E-state index in [4.69, 9.17) is 5.10 Å². The van der Waals surface area contributed by atoms with E-state index in [1.165, 1.54) is 48.0 Å². The zero-order valence-electron chi connectivity index (χ0n) is 20.2. The molecule has 0 saturated heterocycles. The minimum Gasteiger partial charge on any atom is -0.241 e. The van der Waals surface area contributed by atoms with Crippen molar-refractivity contribution < 1.29 is 8.78 Å². The van der Waals surface area contributed by atoms with Crippen LogP contribution < -0.4 is 0 Å². The summed E-state index contributed by atoms with van der Waals surface area (Å²) >= 11 is 2.79. The van der Waals surface area contributed by atoms with Crippen molar-refractivity contribution in [1.29, 1.82) is 0 Å². The van der Waals surface area contributed by atoms with Crippen molar-refractivity contribution in [2.24, 2.45) is 9.50 Å². The lowest BCUT2D eigenvalue weighted by molar-refractivity contribution is 0.485. The number of rotatable bonds is 4. The van der Waals surface area contributed by atoms with Gasteiger partial charge in [-0.1, -0.05) is 81.9 Å². The molecule has 3 aromatic carbocycles. The molecule has 0 bridgehead atoms. The minimum atomic E-state index is -0.271. The number of hydrazone groups is 1. The summed E-state index contributed by atoms with van der Waals surface area (Å²) in [4.78, 5) is 0.851. The fraction of sp³-hybridized carbons (Fsp3) is 0.259. The van der Waals surface area contributed by atoms with E-state index < -0.39 is 0 Å². The molecular formula is C27H31F2N3S2. The summed E-state index contributed by atoms with van der Waals surface area (Å²) in [5.41, 5.74) is 2.92. The van der Waals surface area contributed by atoms with E-state index in [2.05, 4.69) is 16.5 Å². The molecule has 1 heterocycles. The number of thioether (sulfide) groups is 1. The molecule has 0 aromatic heterocycles. The van der Waals surface area contributed by atoms with Crippen molar-refractivity contribution in [3.8, 4) is 0 Å². The Balaban J connectivity index is 0.000000970. The molecule has 0 amide bonds. The van der Waals surface area contributed by atoms with Gasteiger partial charge in [0.25, 0.3) is 0 Å². The van der Waals surface area contributed by atoms with E-state index in [1.807, 2.05) is 57.2 Å². The number of nitrogens with zero attached hydrogens (tertiary/aromatic N) is 3. The molecular weight excluding hydrogens is 468 g/mol. The van der Waals surface area contributed by atoms with E-state index in [0.717, 1.165) is 26.9 Å². The van der Waals surface area contributed by atoms with Crippen LogP contribution in [0.1, 0.15) is 44.7 Å². The van der Waals surface area contributed by atoms with E-state index in [-0.39, 0.29) is 17.6 Å². The summed E-state index contributed by atoms with van der Waals surface area (Å²) in [6, 6.07) is 22.8. The Hall–Kier alpha value is -2.64. The molecule has 0 spiro atoms. The SMILES string of the molecule is CC.CC.CSC(=NSc1ccc(F)cc1)N1CC(c2ccccc2)C(c2ccc(F)cc2)=N1. The van der Waals surface area contributed by atoms with E-state index >= 15 is 0 Å². The minimum absolute atomic E-state index is 0.0461. The maximum absolute atomic E-state index is 13.4. The van der Waals surface area contributed by atoms with Crippen LogP contribution in [0.25, 0.3) is 0 Å². The highest BCUT2D eigenvalue weighted by atomic mass is 32.2. The van der Waals surface area contributed by atoms with Gasteiger partial charge in [-0.2, -0.15) is 9.50 Å². The van der Waals surface area contributed by atoms with Crippen LogP contribution >= 0.6 is 23.7 Å². The predicted octanol–water partition coefficient (Wildman–Crippen LogP) is 8.25. The van der Waals surface area contributed by atoms with Crippen LogP contribution in [0.5, 0.6) is 0 Å². The molecule has 1 atom stereocenters. The van der Waals surface area contributed by atoms with Crippen molar-refractivity contribution in [3.05, 3.63) is 102 Å². The molecule has 7 heteroatoms. The molecule has 3 aromatic rings. The monoisotopic (exact) mass is 499 g/mol. The lowest BCUT2D eigenvalue weighted by Gasteiger charge is -2.16. The van der Waals surface area contributed by atoms with Crippen molar-refractivity contribution in [3.63, 3.8) is 0 Å². The average Bonchev–Trinajstić information content (AvgIpc) is 3.34. The zero-order chi connectivity index (χ0) is 24.9. The summed E-state index contributed by atoms with van der Waals surface area (Å²) < 4.78 is 31.2. The molecule has 4 rings (SSSR count). The Morgan fingerprint density at radius 1 is 0.853 bits per heavy atom. The van der Waals surface area contributed by atoms with Gasteiger partial charge in [0.05, 0.1) is 12.3 Å². The highest BCUT2D eigenvalue weighted by Crippen LogP contribution is 2.31. The number of hydrogen-bond acceptors (Lipinski definition) is 4. The molecule has 0 N–H and O–H groups in total. The fourth-order valence-corrected chi connectivity index (χ4v) is 4.50. The van der Waals surface area contributed by atoms with Crippen LogP contribution in [0.4, 0.5) is 8.78 Å². The first kappa shape index (κ1) is 27.6. The third kappa shape index (κ3) is 7.43. The van der Waals surface area contributed by atoms with Gasteiger partial charge in [-0.3, -0.25) is 0 Å². The van der Waals surface area contributed by atoms with Crippen molar-refractivity contribution in [1.82, 2.24) is 5.01 Å². The van der Waals surface area contributed by atoms with Gasteiger partial charge in [0.15, 0.2) is 5.17 Å². The highest BCUT2D eigenvalue weighted by Gasteiger charge is 2.31. The first-order valence-electron chi connectivity index (χ1n) is 11.4. The Kier molecular flexibility index (Phi) is 11.8. The molecule has 3 nitrogen and oxygen atoms in total. The highest BCUT2D eigenvalue weighted by molar-refractivity contribution is 8.14. The van der Waals surface area contributed by atoms with Gasteiger partial charge in [0.2, 0.25) is 0 Å². The van der Waals surface area contributed by atoms with Gasteiger partial charge in [-0.25, -0.2) is 13.8 Å². The topological polar surface area (TPSA) is 28.0 Å². The smallest absolute Gasteiger partial charge is 0.191 e. The fourth-order valence-electron chi connectivity index (χ4n) is 3.23. The Morgan fingerprint density at radius 2 is 1.41 bits per heavy atom. The molecule has 1 unspecified atom stereocenters. The second kappa shape index (κ2) is 14.6. The van der Waals surface area contributed by atoms with Crippen LogP contribution in [0.15, 0.2) is 93.3 Å². The quantitative estimate of drug-likeness (QED) is 0.205. The Bertz CT molecular complexity index is 1050. The number of benzene rings is 3. The Morgan fingerprint density at radius 3 is 1.97 bits per heavy atom. The van der Waals surface area contributed by atoms with Gasteiger partial charge >= 0.3 is 0 Å². The second-order valence-corrected chi connectivity index (χ2v) is 8.27. The molecule has 0 radical (unpaired) electrons. The van der Waals surface area contributed by atoms with Crippen LogP contribution in [0, 0.1) is 11.6 Å². The molecule has 0 aliphatic carbocycles. The summed E-state index contributed by atoms with van der Waals surface area (Å²) in [7, 11) is 0. The van der Waals surface area contributed by atoms with Gasteiger partial charge in [-0.05, 0) is 53.8 Å². The standard InChI is InChI=1S/C23H19F2N3S2.2C2H6/c1-29-23(27-30-20-13-11-19(25)12-14-20)28-15-21(16-5-3-2-4-6-16)22(26-28)17-7-9-18(24)10-8-17;2*1-2/h2-14,21H,15H2,1H3;2*1-2H3. The third-order valence-corrected chi connectivity index (χ3v) is 6.23. The van der Waals surface area contributed by atoms with E-state index in [9.17, 15) is 8.78 Å². The third-order valence-electron chi connectivity index (χ3n) is 4.70. The van der Waals surface area contributed by atoms with Crippen molar-refractivity contribution in [2.45, 2.75) is 38.5 Å². The van der Waals surface area contributed by atoms with Crippen LogP contribution in [0.2, 0.25) is 0 Å². The average molecular weight is 500 g/mol. The number of amidine groups is 1. The normalized spacial score (nSPS) is 15.0. The van der Waals surface area contributed by atoms with Crippen LogP contribution in [-0.4, -0.2) is 28.7 Å². The van der Waals surface area contributed by atoms with Crippen molar-refractivity contribution in [2.75, 3.05) is 12.8 Å². The van der Waals surface area contributed by atoms with Gasteiger partial charge in [0, 0.05) is 22.8 Å².